The number of amides is 1. The molecular weight excluding hydrogens is 302 g/mol. The lowest BCUT2D eigenvalue weighted by molar-refractivity contribution is -0.384. The van der Waals surface area contributed by atoms with Gasteiger partial charge in [-0.3, -0.25) is 14.9 Å². The van der Waals surface area contributed by atoms with E-state index in [0.29, 0.717) is 6.54 Å². The molecule has 0 aliphatic heterocycles. The Labute approximate surface area is 134 Å². The third-order valence-electron chi connectivity index (χ3n) is 4.07. The average molecular weight is 323 g/mol. The second-order valence-corrected chi connectivity index (χ2v) is 7.11. The molecule has 2 rings (SSSR count). The fourth-order valence-corrected chi connectivity index (χ4v) is 3.57. The Morgan fingerprint density at radius 2 is 2.00 bits per heavy atom. The Morgan fingerprint density at radius 3 is 2.50 bits per heavy atom. The largest absolute Gasteiger partial charge is 0.348 e. The molecule has 3 N–H and O–H groups in total. The highest BCUT2D eigenvalue weighted by molar-refractivity contribution is 8.00. The highest BCUT2D eigenvalue weighted by Crippen LogP contribution is 2.30. The van der Waals surface area contributed by atoms with Crippen LogP contribution in [0, 0.1) is 10.1 Å². The van der Waals surface area contributed by atoms with Crippen LogP contribution in [0.25, 0.3) is 0 Å². The first-order chi connectivity index (χ1) is 10.5. The SMILES string of the molecule is CC(Sc1ccc([N+](=O)[O-])cc1)C(=O)NC1(CN)CCCC1. The van der Waals surface area contributed by atoms with E-state index >= 15 is 0 Å². The molecule has 1 fully saturated rings. The predicted molar refractivity (Wildman–Crippen MR) is 86.8 cm³/mol. The fraction of sp³-hybridized carbons (Fsp3) is 0.533. The van der Waals surface area contributed by atoms with E-state index in [9.17, 15) is 14.9 Å². The van der Waals surface area contributed by atoms with Gasteiger partial charge in [-0.2, -0.15) is 0 Å². The number of carbonyl (C=O) groups is 1. The van der Waals surface area contributed by atoms with Gasteiger partial charge >= 0.3 is 0 Å². The Hall–Kier alpha value is -1.60. The normalized spacial score (nSPS) is 17.9. The van der Waals surface area contributed by atoms with Gasteiger partial charge < -0.3 is 11.1 Å². The van der Waals surface area contributed by atoms with Crippen LogP contribution in [0.1, 0.15) is 32.6 Å². The molecule has 0 saturated heterocycles. The molecule has 120 valence electrons. The second-order valence-electron chi connectivity index (χ2n) is 5.69. The van der Waals surface area contributed by atoms with E-state index in [1.54, 1.807) is 12.1 Å². The van der Waals surface area contributed by atoms with Crippen LogP contribution >= 0.6 is 11.8 Å². The Balaban J connectivity index is 1.94. The van der Waals surface area contributed by atoms with Crippen molar-refractivity contribution in [1.82, 2.24) is 5.32 Å². The zero-order chi connectivity index (χ0) is 16.2. The first kappa shape index (κ1) is 16.8. The number of rotatable bonds is 6. The number of nitro groups is 1. The maximum absolute atomic E-state index is 12.3. The zero-order valence-corrected chi connectivity index (χ0v) is 13.4. The van der Waals surface area contributed by atoms with E-state index in [0.717, 1.165) is 30.6 Å². The summed E-state index contributed by atoms with van der Waals surface area (Å²) in [5.41, 5.74) is 5.63. The van der Waals surface area contributed by atoms with Gasteiger partial charge in [-0.1, -0.05) is 12.8 Å². The Morgan fingerprint density at radius 1 is 1.41 bits per heavy atom. The number of benzene rings is 1. The smallest absolute Gasteiger partial charge is 0.269 e. The summed E-state index contributed by atoms with van der Waals surface area (Å²) in [5, 5.41) is 13.5. The molecule has 1 aliphatic rings. The molecule has 1 aromatic carbocycles. The molecule has 1 atom stereocenters. The predicted octanol–water partition coefficient (Wildman–Crippen LogP) is 2.46. The lowest BCUT2D eigenvalue weighted by atomic mass is 9.98. The van der Waals surface area contributed by atoms with Gasteiger partial charge in [0.15, 0.2) is 0 Å². The van der Waals surface area contributed by atoms with Crippen LogP contribution in [-0.2, 0) is 4.79 Å². The molecule has 7 heteroatoms. The standard InChI is InChI=1S/C15H21N3O3S/c1-11(14(19)17-15(10-16)8-2-3-9-15)22-13-6-4-12(5-7-13)18(20)21/h4-7,11H,2-3,8-10,16H2,1H3,(H,17,19). The van der Waals surface area contributed by atoms with Gasteiger partial charge in [0, 0.05) is 23.6 Å². The van der Waals surface area contributed by atoms with Gasteiger partial charge in [0.05, 0.1) is 15.7 Å². The molecule has 0 radical (unpaired) electrons. The van der Waals surface area contributed by atoms with Crippen LogP contribution in [0.3, 0.4) is 0 Å². The van der Waals surface area contributed by atoms with Gasteiger partial charge in [-0.15, -0.1) is 11.8 Å². The van der Waals surface area contributed by atoms with Gasteiger partial charge in [0.25, 0.3) is 5.69 Å². The average Bonchev–Trinajstić information content (AvgIpc) is 2.96. The number of nitrogens with one attached hydrogen (secondary N) is 1. The monoisotopic (exact) mass is 323 g/mol. The van der Waals surface area contributed by atoms with E-state index in [2.05, 4.69) is 5.32 Å². The summed E-state index contributed by atoms with van der Waals surface area (Å²) in [7, 11) is 0. The van der Waals surface area contributed by atoms with E-state index in [1.807, 2.05) is 6.92 Å². The van der Waals surface area contributed by atoms with Crippen LogP contribution in [-0.4, -0.2) is 28.2 Å². The van der Waals surface area contributed by atoms with Crippen molar-refractivity contribution in [2.45, 2.75) is 48.3 Å². The van der Waals surface area contributed by atoms with Crippen molar-refractivity contribution in [2.24, 2.45) is 5.73 Å². The maximum atomic E-state index is 12.3. The summed E-state index contributed by atoms with van der Waals surface area (Å²) in [4.78, 5) is 23.4. The molecule has 0 bridgehead atoms. The van der Waals surface area contributed by atoms with Crippen LogP contribution in [0.2, 0.25) is 0 Å². The third kappa shape index (κ3) is 3.98. The maximum Gasteiger partial charge on any atom is 0.269 e. The number of nitrogens with two attached hydrogens (primary N) is 1. The molecular formula is C15H21N3O3S. The zero-order valence-electron chi connectivity index (χ0n) is 12.6. The number of thioether (sulfide) groups is 1. The molecule has 1 aliphatic carbocycles. The van der Waals surface area contributed by atoms with E-state index in [4.69, 9.17) is 5.73 Å². The number of nitrogens with zero attached hydrogens (tertiary/aromatic N) is 1. The van der Waals surface area contributed by atoms with Crippen molar-refractivity contribution < 1.29 is 9.72 Å². The van der Waals surface area contributed by atoms with Crippen molar-refractivity contribution in [1.29, 1.82) is 0 Å². The first-order valence-electron chi connectivity index (χ1n) is 7.39. The minimum Gasteiger partial charge on any atom is -0.348 e. The Bertz CT molecular complexity index is 541. The molecule has 1 amide bonds. The molecule has 1 unspecified atom stereocenters. The van der Waals surface area contributed by atoms with Crippen LogP contribution < -0.4 is 11.1 Å². The molecule has 1 saturated carbocycles. The van der Waals surface area contributed by atoms with Gasteiger partial charge in [0.1, 0.15) is 0 Å². The van der Waals surface area contributed by atoms with E-state index in [-0.39, 0.29) is 22.4 Å². The van der Waals surface area contributed by atoms with E-state index in [1.165, 1.54) is 23.9 Å². The number of hydrogen-bond donors (Lipinski definition) is 2. The highest BCUT2D eigenvalue weighted by Gasteiger charge is 2.35. The molecule has 0 spiro atoms. The minimum absolute atomic E-state index is 0.0318. The van der Waals surface area contributed by atoms with Crippen molar-refractivity contribution in [3.05, 3.63) is 34.4 Å². The van der Waals surface area contributed by atoms with Crippen LogP contribution in [0.4, 0.5) is 5.69 Å². The summed E-state index contributed by atoms with van der Waals surface area (Å²) in [5.74, 6) is -0.0318. The number of carbonyl (C=O) groups excluding carboxylic acids is 1. The Kier molecular flexibility index (Phi) is 5.42. The molecule has 0 aromatic heterocycles. The van der Waals surface area contributed by atoms with Gasteiger partial charge in [0.2, 0.25) is 5.91 Å². The summed E-state index contributed by atoms with van der Waals surface area (Å²) < 4.78 is 0. The fourth-order valence-electron chi connectivity index (χ4n) is 2.70. The van der Waals surface area contributed by atoms with Crippen molar-refractivity contribution >= 4 is 23.4 Å². The quantitative estimate of drug-likeness (QED) is 0.476. The minimum atomic E-state index is -0.435. The third-order valence-corrected chi connectivity index (χ3v) is 5.18. The second kappa shape index (κ2) is 7.11. The number of hydrogen-bond acceptors (Lipinski definition) is 5. The summed E-state index contributed by atoms with van der Waals surface area (Å²) in [6, 6.07) is 6.23. The lowest BCUT2D eigenvalue weighted by Gasteiger charge is -2.30. The molecule has 6 nitrogen and oxygen atoms in total. The van der Waals surface area contributed by atoms with Gasteiger partial charge in [-0.05, 0) is 31.9 Å². The van der Waals surface area contributed by atoms with Crippen LogP contribution in [0.5, 0.6) is 0 Å². The number of non-ortho nitro benzene ring substituents is 1. The van der Waals surface area contributed by atoms with Crippen molar-refractivity contribution in [3.63, 3.8) is 0 Å². The first-order valence-corrected chi connectivity index (χ1v) is 8.27. The molecule has 22 heavy (non-hydrogen) atoms. The summed E-state index contributed by atoms with van der Waals surface area (Å²) in [6.07, 6.45) is 4.07. The van der Waals surface area contributed by atoms with Gasteiger partial charge in [-0.25, -0.2) is 0 Å². The number of nitro benzene ring substituents is 1. The molecule has 0 heterocycles. The molecule has 1 aromatic rings. The van der Waals surface area contributed by atoms with Crippen LogP contribution in [0.15, 0.2) is 29.2 Å². The van der Waals surface area contributed by atoms with Crippen molar-refractivity contribution in [2.75, 3.05) is 6.54 Å². The van der Waals surface area contributed by atoms with E-state index < -0.39 is 4.92 Å². The lowest BCUT2D eigenvalue weighted by Crippen LogP contribution is -2.53. The topological polar surface area (TPSA) is 98.3 Å². The summed E-state index contributed by atoms with van der Waals surface area (Å²) in [6.45, 7) is 2.30. The van der Waals surface area contributed by atoms with Crippen molar-refractivity contribution in [3.8, 4) is 0 Å². The highest BCUT2D eigenvalue weighted by atomic mass is 32.2. The summed E-state index contributed by atoms with van der Waals surface area (Å²) >= 11 is 1.39.